The second-order valence-electron chi connectivity index (χ2n) is 8.31. The highest BCUT2D eigenvalue weighted by atomic mass is 19.4. The molecule has 0 spiro atoms. The number of carbonyl (C=O) groups excluding carboxylic acids is 1. The summed E-state index contributed by atoms with van der Waals surface area (Å²) in [5.74, 6) is -0.349. The number of aromatic nitrogens is 2. The summed E-state index contributed by atoms with van der Waals surface area (Å²) < 4.78 is 39.4. The largest absolute Gasteiger partial charge is 0.507 e. The normalized spacial score (nSPS) is 17.3. The second-order valence-corrected chi connectivity index (χ2v) is 8.31. The molecule has 4 rings (SSSR count). The zero-order chi connectivity index (χ0) is 23.8. The number of nitrogens with one attached hydrogen (secondary N) is 1. The molecule has 4 N–H and O–H groups in total. The number of carbonyl (C=O) groups is 1. The summed E-state index contributed by atoms with van der Waals surface area (Å²) >= 11 is 0. The molecule has 1 amide bonds. The lowest BCUT2D eigenvalue weighted by molar-refractivity contribution is -0.137. The standard InChI is InChI=1S/C23H24F3N5O2/c1-13-9-14(23(24,25)26)10-18(32)20(13)21-16-6-2-3-7-17(16)22(30-29-21)28-15-5-4-8-31(11-15)12-19(27)33/h2-3,6-7,9-10,15,32H,4-5,8,11-12H2,1H3,(H2,27,33)(H,28,30). The van der Waals surface area contributed by atoms with Gasteiger partial charge in [-0.05, 0) is 44.0 Å². The third kappa shape index (κ3) is 4.85. The lowest BCUT2D eigenvalue weighted by Crippen LogP contribution is -2.45. The number of benzene rings is 2. The average Bonchev–Trinajstić information content (AvgIpc) is 2.74. The Morgan fingerprint density at radius 2 is 1.97 bits per heavy atom. The molecule has 1 aliphatic rings. The Kier molecular flexibility index (Phi) is 6.11. The maximum Gasteiger partial charge on any atom is 0.416 e. The number of piperidine rings is 1. The Hall–Kier alpha value is -3.40. The quantitative estimate of drug-likeness (QED) is 0.538. The van der Waals surface area contributed by atoms with E-state index < -0.39 is 17.5 Å². The first-order valence-corrected chi connectivity index (χ1v) is 10.6. The molecule has 1 aromatic heterocycles. The van der Waals surface area contributed by atoms with Gasteiger partial charge in [-0.15, -0.1) is 10.2 Å². The van der Waals surface area contributed by atoms with Crippen LogP contribution >= 0.6 is 0 Å². The number of hydrogen-bond acceptors (Lipinski definition) is 6. The highest BCUT2D eigenvalue weighted by Crippen LogP contribution is 2.41. The van der Waals surface area contributed by atoms with E-state index >= 15 is 0 Å². The van der Waals surface area contributed by atoms with E-state index in [1.807, 2.05) is 17.0 Å². The predicted octanol–water partition coefficient (Wildman–Crippen LogP) is 3.69. The number of aromatic hydroxyl groups is 1. The van der Waals surface area contributed by atoms with Crippen LogP contribution in [-0.4, -0.2) is 51.8 Å². The van der Waals surface area contributed by atoms with E-state index in [4.69, 9.17) is 5.73 Å². The number of fused-ring (bicyclic) bond motifs is 1. The van der Waals surface area contributed by atoms with Crippen LogP contribution < -0.4 is 11.1 Å². The molecule has 1 fully saturated rings. The Morgan fingerprint density at radius 1 is 1.24 bits per heavy atom. The number of aryl methyl sites for hydroxylation is 1. The van der Waals surface area contributed by atoms with Crippen LogP contribution in [0.25, 0.3) is 22.0 Å². The molecular formula is C23H24F3N5O2. The summed E-state index contributed by atoms with van der Waals surface area (Å²) in [6.07, 6.45) is -2.79. The van der Waals surface area contributed by atoms with Gasteiger partial charge in [-0.25, -0.2) is 0 Å². The number of hydrogen-bond donors (Lipinski definition) is 3. The van der Waals surface area contributed by atoms with E-state index in [0.29, 0.717) is 29.5 Å². The number of halogens is 3. The molecule has 2 heterocycles. The number of alkyl halides is 3. The van der Waals surface area contributed by atoms with Crippen molar-refractivity contribution in [3.63, 3.8) is 0 Å². The molecular weight excluding hydrogens is 435 g/mol. The molecule has 2 aromatic carbocycles. The van der Waals surface area contributed by atoms with Gasteiger partial charge in [-0.1, -0.05) is 24.3 Å². The first kappa shape index (κ1) is 22.8. The Balaban J connectivity index is 1.70. The highest BCUT2D eigenvalue weighted by molar-refractivity contribution is 6.01. The summed E-state index contributed by atoms with van der Waals surface area (Å²) in [6, 6.07) is 9.00. The average molecular weight is 459 g/mol. The lowest BCUT2D eigenvalue weighted by Gasteiger charge is -2.32. The van der Waals surface area contributed by atoms with Gasteiger partial charge in [0.05, 0.1) is 12.1 Å². The Bertz CT molecular complexity index is 1180. The zero-order valence-electron chi connectivity index (χ0n) is 18.0. The SMILES string of the molecule is Cc1cc(C(F)(F)F)cc(O)c1-c1nnc(NC2CCCN(CC(N)=O)C2)c2ccccc12. The number of phenols is 1. The predicted molar refractivity (Wildman–Crippen MR) is 119 cm³/mol. The van der Waals surface area contributed by atoms with Gasteiger partial charge in [0.2, 0.25) is 5.91 Å². The van der Waals surface area contributed by atoms with Crippen molar-refractivity contribution < 1.29 is 23.1 Å². The van der Waals surface area contributed by atoms with Gasteiger partial charge >= 0.3 is 6.18 Å². The van der Waals surface area contributed by atoms with Crippen LogP contribution in [0.3, 0.4) is 0 Å². The Morgan fingerprint density at radius 3 is 2.64 bits per heavy atom. The molecule has 10 heteroatoms. The monoisotopic (exact) mass is 459 g/mol. The summed E-state index contributed by atoms with van der Waals surface area (Å²) in [5.41, 5.74) is 5.16. The molecule has 0 aliphatic carbocycles. The van der Waals surface area contributed by atoms with Gasteiger partial charge in [0.15, 0.2) is 5.82 Å². The summed E-state index contributed by atoms with van der Waals surface area (Å²) in [5, 5.41) is 23.8. The fraction of sp³-hybridized carbons (Fsp3) is 0.348. The lowest BCUT2D eigenvalue weighted by atomic mass is 9.97. The molecule has 33 heavy (non-hydrogen) atoms. The topological polar surface area (TPSA) is 104 Å². The molecule has 0 radical (unpaired) electrons. The van der Waals surface area contributed by atoms with Crippen molar-refractivity contribution in [2.24, 2.45) is 5.73 Å². The maximum atomic E-state index is 13.1. The van der Waals surface area contributed by atoms with Gasteiger partial charge in [0, 0.05) is 28.9 Å². The molecule has 0 saturated carbocycles. The van der Waals surface area contributed by atoms with E-state index in [0.717, 1.165) is 30.8 Å². The fourth-order valence-corrected chi connectivity index (χ4v) is 4.37. The summed E-state index contributed by atoms with van der Waals surface area (Å²) in [4.78, 5) is 13.2. The smallest absolute Gasteiger partial charge is 0.416 e. The number of phenolic OH excluding ortho intramolecular Hbond substituents is 1. The first-order valence-electron chi connectivity index (χ1n) is 10.6. The highest BCUT2D eigenvalue weighted by Gasteiger charge is 2.32. The summed E-state index contributed by atoms with van der Waals surface area (Å²) in [6.45, 7) is 3.11. The van der Waals surface area contributed by atoms with Crippen molar-refractivity contribution in [3.8, 4) is 17.0 Å². The van der Waals surface area contributed by atoms with Crippen LogP contribution in [0.4, 0.5) is 19.0 Å². The summed E-state index contributed by atoms with van der Waals surface area (Å²) in [7, 11) is 0. The minimum atomic E-state index is -4.56. The number of rotatable bonds is 5. The van der Waals surface area contributed by atoms with Gasteiger partial charge in [-0.2, -0.15) is 13.2 Å². The van der Waals surface area contributed by atoms with E-state index in [9.17, 15) is 23.1 Å². The van der Waals surface area contributed by atoms with Crippen molar-refractivity contribution in [1.82, 2.24) is 15.1 Å². The molecule has 0 bridgehead atoms. The van der Waals surface area contributed by atoms with E-state index in [1.165, 1.54) is 6.92 Å². The fourth-order valence-electron chi connectivity index (χ4n) is 4.37. The molecule has 1 aliphatic heterocycles. The molecule has 174 valence electrons. The van der Waals surface area contributed by atoms with Gasteiger partial charge in [0.1, 0.15) is 11.4 Å². The molecule has 7 nitrogen and oxygen atoms in total. The minimum absolute atomic E-state index is 0.0304. The Labute approximate surface area is 188 Å². The van der Waals surface area contributed by atoms with Crippen LogP contribution in [0.2, 0.25) is 0 Å². The molecule has 1 atom stereocenters. The molecule has 1 unspecified atom stereocenters. The van der Waals surface area contributed by atoms with Crippen molar-refractivity contribution in [2.45, 2.75) is 32.0 Å². The number of nitrogens with zero attached hydrogens (tertiary/aromatic N) is 3. The van der Waals surface area contributed by atoms with Gasteiger partial charge < -0.3 is 16.2 Å². The van der Waals surface area contributed by atoms with Crippen molar-refractivity contribution in [2.75, 3.05) is 25.0 Å². The van der Waals surface area contributed by atoms with E-state index in [-0.39, 0.29) is 29.6 Å². The number of anilines is 1. The second kappa shape index (κ2) is 8.86. The van der Waals surface area contributed by atoms with Crippen LogP contribution in [0.1, 0.15) is 24.0 Å². The van der Waals surface area contributed by atoms with Crippen molar-refractivity contribution >= 4 is 22.5 Å². The van der Waals surface area contributed by atoms with E-state index in [2.05, 4.69) is 15.5 Å². The van der Waals surface area contributed by atoms with Crippen molar-refractivity contribution in [3.05, 3.63) is 47.5 Å². The van der Waals surface area contributed by atoms with Crippen LogP contribution in [0, 0.1) is 6.92 Å². The zero-order valence-corrected chi connectivity index (χ0v) is 18.0. The van der Waals surface area contributed by atoms with Crippen molar-refractivity contribution in [1.29, 1.82) is 0 Å². The third-order valence-electron chi connectivity index (χ3n) is 5.79. The number of likely N-dealkylation sites (tertiary alicyclic amines) is 1. The number of primary amides is 1. The number of nitrogens with two attached hydrogens (primary N) is 1. The van der Waals surface area contributed by atoms with Crippen LogP contribution in [0.15, 0.2) is 36.4 Å². The molecule has 3 aromatic rings. The van der Waals surface area contributed by atoms with Crippen LogP contribution in [-0.2, 0) is 11.0 Å². The van der Waals surface area contributed by atoms with E-state index in [1.54, 1.807) is 12.1 Å². The number of amides is 1. The molecule has 1 saturated heterocycles. The first-order chi connectivity index (χ1) is 15.6. The maximum absolute atomic E-state index is 13.1. The van der Waals surface area contributed by atoms with Crippen LogP contribution in [0.5, 0.6) is 5.75 Å². The third-order valence-corrected chi connectivity index (χ3v) is 5.79. The van der Waals surface area contributed by atoms with Gasteiger partial charge in [-0.3, -0.25) is 9.69 Å². The minimum Gasteiger partial charge on any atom is -0.507 e. The van der Waals surface area contributed by atoms with Gasteiger partial charge in [0.25, 0.3) is 0 Å².